The third kappa shape index (κ3) is 27.3. The number of rotatable bonds is 27. The van der Waals surface area contributed by atoms with Crippen molar-refractivity contribution in [3.05, 3.63) is 67.8 Å². The molecule has 0 amide bonds. The van der Waals surface area contributed by atoms with Crippen molar-refractivity contribution < 1.29 is 71.4 Å². The summed E-state index contributed by atoms with van der Waals surface area (Å²) >= 11 is 4.86. The molecule has 0 unspecified atom stereocenters. The van der Waals surface area contributed by atoms with Crippen molar-refractivity contribution in [2.24, 2.45) is 11.7 Å². The molecule has 2 aromatic rings. The maximum absolute atomic E-state index is 12.6. The fourth-order valence-corrected chi connectivity index (χ4v) is 10.1. The van der Waals surface area contributed by atoms with E-state index in [2.05, 4.69) is 50.1 Å². The minimum Gasteiger partial charge on any atom is -0.496 e. The van der Waals surface area contributed by atoms with E-state index in [1.807, 2.05) is 47.6 Å². The number of carbonyl (C=O) groups is 5. The number of aliphatic carboxylic acids is 1. The minimum absolute atomic E-state index is 0.0918. The Labute approximate surface area is 473 Å². The highest BCUT2D eigenvalue weighted by molar-refractivity contribution is 7.62. The summed E-state index contributed by atoms with van der Waals surface area (Å²) in [6, 6.07) is 1.95. The summed E-state index contributed by atoms with van der Waals surface area (Å²) in [5.74, 6) is 1.60. The second-order valence-electron chi connectivity index (χ2n) is 23.7. The first-order valence-electron chi connectivity index (χ1n) is 26.7. The van der Waals surface area contributed by atoms with Crippen molar-refractivity contribution in [1.82, 2.24) is 0 Å². The van der Waals surface area contributed by atoms with Crippen LogP contribution < -0.4 is 24.7 Å². The zero-order valence-corrected chi connectivity index (χ0v) is 54.8. The number of halogens is 1. The summed E-state index contributed by atoms with van der Waals surface area (Å²) in [6.45, 7) is 34.3. The van der Waals surface area contributed by atoms with Gasteiger partial charge in [-0.1, -0.05) is 76.4 Å². The monoisotopic (exact) mass is 1190 g/mol. The molecular weight excluding hydrogens is 1090 g/mol. The van der Waals surface area contributed by atoms with Crippen molar-refractivity contribution in [3.63, 3.8) is 0 Å². The number of ether oxygens (including phenoxy) is 7. The molecule has 442 valence electrons. The Morgan fingerprint density at radius 2 is 1.09 bits per heavy atom. The fraction of sp³-hybridized carbons (Fsp3) is 0.632. The van der Waals surface area contributed by atoms with E-state index in [0.29, 0.717) is 112 Å². The zero-order valence-electron chi connectivity index (χ0n) is 50.3. The number of methoxy groups -OCH3 is 2. The van der Waals surface area contributed by atoms with Gasteiger partial charge in [-0.15, -0.1) is 0 Å². The van der Waals surface area contributed by atoms with Crippen LogP contribution in [0.1, 0.15) is 120 Å². The number of esters is 2. The molecular formula is C57H94ClNO15P2Si2. The van der Waals surface area contributed by atoms with Crippen LogP contribution in [0.2, 0.25) is 51.4 Å². The molecule has 21 heteroatoms. The number of benzene rings is 2. The van der Waals surface area contributed by atoms with Crippen molar-refractivity contribution in [3.8, 4) is 23.0 Å². The SMILES string of the molecule is CC(C)COC(=O)Cl.COc1c(C)c2c(c(OCC[Si](C)(C)C)c1C/C=C(\C)CCC(=O)CCCP(C)(C)=O)C(=O)OC2.COc1c(C)c2c(c(OCC[Si](C)(C)C)c1C/C=C(\C)CCC(=O)O)C(=O)OC2.CP(C)(=O)CN. The lowest BCUT2D eigenvalue weighted by Crippen LogP contribution is -2.23. The van der Waals surface area contributed by atoms with Gasteiger partial charge in [-0.3, -0.25) is 9.59 Å². The molecule has 3 N–H and O–H groups in total. The molecule has 0 radical (unpaired) electrons. The molecule has 0 bridgehead atoms. The summed E-state index contributed by atoms with van der Waals surface area (Å²) < 4.78 is 61.3. The average Bonchev–Trinajstić information content (AvgIpc) is 3.91. The molecule has 0 saturated heterocycles. The number of fused-ring (bicyclic) bond motifs is 2. The number of Topliss-reactive ketones (excluding diaryl/α,β-unsaturated/α-hetero) is 1. The van der Waals surface area contributed by atoms with Crippen LogP contribution in [0.3, 0.4) is 0 Å². The summed E-state index contributed by atoms with van der Waals surface area (Å²) in [6.07, 6.45) is 8.96. The molecule has 4 rings (SSSR count). The minimum atomic E-state index is -2.07. The van der Waals surface area contributed by atoms with E-state index in [4.69, 9.17) is 50.9 Å². The van der Waals surface area contributed by atoms with E-state index in [9.17, 15) is 33.1 Å². The second-order valence-corrected chi connectivity index (χ2v) is 42.3. The molecule has 0 saturated carbocycles. The van der Waals surface area contributed by atoms with Gasteiger partial charge in [0, 0.05) is 81.7 Å². The quantitative estimate of drug-likeness (QED) is 0.0211. The average molecular weight is 1190 g/mol. The van der Waals surface area contributed by atoms with Crippen molar-refractivity contribution in [2.45, 2.75) is 157 Å². The van der Waals surface area contributed by atoms with Crippen molar-refractivity contribution >= 4 is 71.2 Å². The van der Waals surface area contributed by atoms with Crippen molar-refractivity contribution in [2.75, 3.05) is 73.1 Å². The maximum Gasteiger partial charge on any atom is 0.403 e. The van der Waals surface area contributed by atoms with Gasteiger partial charge < -0.3 is 53.1 Å². The van der Waals surface area contributed by atoms with E-state index >= 15 is 0 Å². The van der Waals surface area contributed by atoms with Crippen LogP contribution in [-0.2, 0) is 59.0 Å². The van der Waals surface area contributed by atoms with Gasteiger partial charge in [0.1, 0.15) is 53.1 Å². The molecule has 0 spiro atoms. The molecule has 16 nitrogen and oxygen atoms in total. The Hall–Kier alpha value is -4.19. The number of ketones is 1. The highest BCUT2D eigenvalue weighted by Gasteiger charge is 2.35. The van der Waals surface area contributed by atoms with E-state index in [0.717, 1.165) is 62.4 Å². The van der Waals surface area contributed by atoms with Crippen LogP contribution in [0.4, 0.5) is 4.79 Å². The van der Waals surface area contributed by atoms with Gasteiger partial charge >= 0.3 is 23.3 Å². The first-order valence-corrected chi connectivity index (χ1v) is 40.0. The third-order valence-corrected chi connectivity index (χ3v) is 18.2. The Kier molecular flexibility index (Phi) is 30.9. The van der Waals surface area contributed by atoms with Gasteiger partial charge in [0.25, 0.3) is 0 Å². The number of hydrogen-bond acceptors (Lipinski definition) is 15. The number of hydrogen-bond donors (Lipinski definition) is 2. The maximum atomic E-state index is 12.6. The Morgan fingerprint density at radius 1 is 0.692 bits per heavy atom. The molecule has 0 fully saturated rings. The highest BCUT2D eigenvalue weighted by atomic mass is 35.5. The molecule has 78 heavy (non-hydrogen) atoms. The smallest absolute Gasteiger partial charge is 0.403 e. The fourth-order valence-electron chi connectivity index (χ4n) is 7.67. The summed E-state index contributed by atoms with van der Waals surface area (Å²) in [7, 11) is -3.30. The molecule has 0 atom stereocenters. The first kappa shape index (κ1) is 71.8. The Bertz CT molecular complexity index is 2540. The molecule has 0 aliphatic carbocycles. The standard InChI is InChI=1S/C27H43O6PSi.C22H32O6Si.C5H9ClO2.C3H10NOP/c1-19(11-13-21(28)10-9-16-34(4,5)30)12-14-22-25(31-3)20(2)23-18-33-27(29)24(23)26(22)32-15-17-35(6,7)8;1-14(8-10-18(23)24)7-9-16-20(26-3)15(2)17-13-28-22(25)19(17)21(16)27-11-12-29(4,5)6;1-4(2)3-8-5(6)7;1-6(2,5)3-4/h12H,9-11,13-18H2,1-8H3;7H,8-13H2,1-6H3,(H,23,24);4H,3H2,1-2H3;3-4H2,1-2H3/b19-12+;14-7+;;. The van der Waals surface area contributed by atoms with Gasteiger partial charge in [-0.2, -0.15) is 0 Å². The van der Waals surface area contributed by atoms with Crippen LogP contribution >= 0.6 is 25.9 Å². The highest BCUT2D eigenvalue weighted by Crippen LogP contribution is 2.45. The first-order chi connectivity index (χ1) is 36.0. The normalized spacial score (nSPS) is 13.3. The van der Waals surface area contributed by atoms with Crippen LogP contribution in [0.5, 0.6) is 23.0 Å². The number of carbonyl (C=O) groups excluding carboxylic acids is 4. The number of nitrogens with two attached hydrogens (primary N) is 1. The lowest BCUT2D eigenvalue weighted by molar-refractivity contribution is -0.137. The zero-order chi connectivity index (χ0) is 59.9. The van der Waals surface area contributed by atoms with E-state index in [-0.39, 0.29) is 37.4 Å². The van der Waals surface area contributed by atoms with Crippen LogP contribution in [0, 0.1) is 19.8 Å². The van der Waals surface area contributed by atoms with Gasteiger partial charge in [0.2, 0.25) is 0 Å². The Balaban J connectivity index is 0.000000631. The van der Waals surface area contributed by atoms with E-state index in [1.54, 1.807) is 40.9 Å². The number of carboxylic acids is 1. The predicted octanol–water partition coefficient (Wildman–Crippen LogP) is 13.9. The molecule has 0 aromatic heterocycles. The summed E-state index contributed by atoms with van der Waals surface area (Å²) in [5, 5.41) is 8.89. The van der Waals surface area contributed by atoms with Crippen LogP contribution in [-0.4, -0.2) is 124 Å². The van der Waals surface area contributed by atoms with Gasteiger partial charge in [0.15, 0.2) is 0 Å². The van der Waals surface area contributed by atoms with E-state index < -0.39 is 41.8 Å². The van der Waals surface area contributed by atoms with E-state index in [1.165, 1.54) is 0 Å². The number of cyclic esters (lactones) is 2. The number of allylic oxidation sites excluding steroid dienone is 4. The summed E-state index contributed by atoms with van der Waals surface area (Å²) in [5.41, 5.74) is 12.6. The topological polar surface area (TPSA) is 230 Å². The largest absolute Gasteiger partial charge is 0.496 e. The predicted molar refractivity (Wildman–Crippen MR) is 321 cm³/mol. The number of carboxylic acid groups (broad SMARTS) is 1. The molecule has 2 aliphatic rings. The van der Waals surface area contributed by atoms with Gasteiger partial charge in [-0.25, -0.2) is 14.4 Å². The second kappa shape index (κ2) is 33.5. The van der Waals surface area contributed by atoms with Crippen LogP contribution in [0.15, 0.2) is 23.3 Å². The van der Waals surface area contributed by atoms with Gasteiger partial charge in [-0.05, 0) is 116 Å². The lowest BCUT2D eigenvalue weighted by Gasteiger charge is -2.21. The lowest BCUT2D eigenvalue weighted by atomic mass is 9.94. The van der Waals surface area contributed by atoms with Crippen molar-refractivity contribution in [1.29, 1.82) is 0 Å². The summed E-state index contributed by atoms with van der Waals surface area (Å²) in [4.78, 5) is 58.0. The third-order valence-electron chi connectivity index (χ3n) is 12.4. The molecule has 2 heterocycles. The van der Waals surface area contributed by atoms with Gasteiger partial charge in [0.05, 0.1) is 48.3 Å². The Morgan fingerprint density at radius 3 is 1.40 bits per heavy atom. The van der Waals surface area contributed by atoms with Crippen LogP contribution in [0.25, 0.3) is 0 Å². The molecule has 2 aromatic carbocycles. The molecule has 2 aliphatic heterocycles.